The van der Waals surface area contributed by atoms with E-state index in [1.54, 1.807) is 55.5 Å². The summed E-state index contributed by atoms with van der Waals surface area (Å²) in [7, 11) is 1.27. The SMILES string of the molecule is [2H]C([2H])(CN1CCC(N(C(=O)Cn2c(SC([2H])([2H])c3cccc(F)c3F)cc(=O)c3ccccc32)C([2H])(C)c2ccc(-c3ccc(C(F)(F)F)cc3)cc2)CC1)OC. The van der Waals surface area contributed by atoms with Gasteiger partial charge < -0.3 is 19.1 Å². The van der Waals surface area contributed by atoms with Crippen molar-refractivity contribution in [1.82, 2.24) is 14.4 Å². The van der Waals surface area contributed by atoms with Gasteiger partial charge in [0, 0.05) is 58.2 Å². The number of hydrogen-bond donors (Lipinski definition) is 0. The lowest BCUT2D eigenvalue weighted by atomic mass is 9.96. The number of thioether (sulfide) groups is 1. The van der Waals surface area contributed by atoms with Gasteiger partial charge in [0.15, 0.2) is 17.1 Å². The van der Waals surface area contributed by atoms with Crippen LogP contribution in [-0.4, -0.2) is 59.6 Å². The number of carbonyl (C=O) groups is 1. The fraction of sp³-hybridized carbons (Fsp3) is 0.317. The van der Waals surface area contributed by atoms with E-state index in [9.17, 15) is 32.9 Å². The van der Waals surface area contributed by atoms with Crippen molar-refractivity contribution in [3.63, 3.8) is 0 Å². The molecule has 0 spiro atoms. The first-order valence-electron chi connectivity index (χ1n) is 19.4. The maximum absolute atomic E-state index is 14.9. The number of carbonyl (C=O) groups excluding carboxylic acids is 1. The van der Waals surface area contributed by atoms with Crippen LogP contribution in [0.4, 0.5) is 22.0 Å². The molecular weight excluding hydrogens is 710 g/mol. The molecule has 1 aliphatic rings. The van der Waals surface area contributed by atoms with Gasteiger partial charge in [-0.15, -0.1) is 11.8 Å². The van der Waals surface area contributed by atoms with Crippen molar-refractivity contribution in [2.75, 3.05) is 33.3 Å². The lowest BCUT2D eigenvalue weighted by Crippen LogP contribution is -2.49. The van der Waals surface area contributed by atoms with Crippen molar-refractivity contribution in [3.8, 4) is 11.1 Å². The molecule has 1 aliphatic heterocycles. The number of alkyl halides is 3. The molecule has 1 unspecified atom stereocenters. The van der Waals surface area contributed by atoms with Gasteiger partial charge in [0.2, 0.25) is 5.91 Å². The highest BCUT2D eigenvalue weighted by Crippen LogP contribution is 2.34. The number of aromatic nitrogens is 1. The molecule has 1 atom stereocenters. The van der Waals surface area contributed by atoms with Crippen molar-refractivity contribution in [1.29, 1.82) is 0 Å². The Labute approximate surface area is 316 Å². The second-order valence-corrected chi connectivity index (χ2v) is 13.4. The van der Waals surface area contributed by atoms with Gasteiger partial charge in [-0.3, -0.25) is 9.59 Å². The van der Waals surface area contributed by atoms with E-state index in [4.69, 9.17) is 10.2 Å². The summed E-state index contributed by atoms with van der Waals surface area (Å²) >= 11 is 0.436. The number of halogens is 5. The van der Waals surface area contributed by atoms with E-state index in [-0.39, 0.29) is 22.5 Å². The minimum absolute atomic E-state index is 0.0222. The fourth-order valence-corrected chi connectivity index (χ4v) is 7.31. The molecule has 1 amide bonds. The second-order valence-electron chi connectivity index (χ2n) is 12.6. The Morgan fingerprint density at radius 1 is 0.981 bits per heavy atom. The van der Waals surface area contributed by atoms with E-state index in [0.29, 0.717) is 54.4 Å². The zero-order valence-corrected chi connectivity index (χ0v) is 29.7. The van der Waals surface area contributed by atoms with Gasteiger partial charge in [-0.25, -0.2) is 8.78 Å². The Hall–Kier alpha value is -4.52. The predicted octanol–water partition coefficient (Wildman–Crippen LogP) is 8.96. The van der Waals surface area contributed by atoms with Crippen LogP contribution in [0.15, 0.2) is 107 Å². The molecule has 6 rings (SSSR count). The van der Waals surface area contributed by atoms with Crippen LogP contribution < -0.4 is 5.43 Å². The van der Waals surface area contributed by atoms with Crippen molar-refractivity contribution < 1.29 is 38.3 Å². The van der Waals surface area contributed by atoms with E-state index < -0.39 is 71.1 Å². The molecule has 0 N–H and O–H groups in total. The van der Waals surface area contributed by atoms with Crippen LogP contribution in [0.5, 0.6) is 0 Å². The molecule has 1 saturated heterocycles. The zero-order chi connectivity index (χ0) is 42.2. The minimum Gasteiger partial charge on any atom is -0.383 e. The van der Waals surface area contributed by atoms with Gasteiger partial charge in [0.05, 0.1) is 32.8 Å². The maximum atomic E-state index is 14.9. The Morgan fingerprint density at radius 3 is 2.30 bits per heavy atom. The van der Waals surface area contributed by atoms with E-state index in [1.165, 1.54) is 34.8 Å². The van der Waals surface area contributed by atoms with Crippen LogP contribution in [0, 0.1) is 11.6 Å². The number of hydrogen-bond acceptors (Lipinski definition) is 5. The van der Waals surface area contributed by atoms with E-state index >= 15 is 0 Å². The Kier molecular flexibility index (Phi) is 10.0. The number of likely N-dealkylation sites (tertiary alicyclic amines) is 1. The van der Waals surface area contributed by atoms with Gasteiger partial charge in [0.25, 0.3) is 0 Å². The predicted molar refractivity (Wildman–Crippen MR) is 198 cm³/mol. The molecule has 4 aromatic carbocycles. The number of methoxy groups -OCH3 is 1. The van der Waals surface area contributed by atoms with Crippen LogP contribution >= 0.6 is 11.8 Å². The van der Waals surface area contributed by atoms with Crippen molar-refractivity contribution in [2.24, 2.45) is 0 Å². The molecule has 12 heteroatoms. The Morgan fingerprint density at radius 2 is 1.64 bits per heavy atom. The van der Waals surface area contributed by atoms with Crippen LogP contribution in [0.3, 0.4) is 0 Å². The third-order valence-electron chi connectivity index (χ3n) is 9.32. The van der Waals surface area contributed by atoms with Crippen LogP contribution in [0.25, 0.3) is 22.0 Å². The number of fused-ring (bicyclic) bond motifs is 1. The summed E-state index contributed by atoms with van der Waals surface area (Å²) in [6, 6.07) is 19.6. The number of para-hydroxylation sites is 1. The number of piperidine rings is 1. The zero-order valence-electron chi connectivity index (χ0n) is 33.9. The third-order valence-corrected chi connectivity index (χ3v) is 10.2. The van der Waals surface area contributed by atoms with E-state index in [0.717, 1.165) is 30.3 Å². The lowest BCUT2D eigenvalue weighted by molar-refractivity contribution is -0.138. The van der Waals surface area contributed by atoms with Gasteiger partial charge in [-0.05, 0) is 66.8 Å². The quantitative estimate of drug-likeness (QED) is 0.0941. The van der Waals surface area contributed by atoms with Crippen molar-refractivity contribution >= 4 is 28.6 Å². The molecule has 6 nitrogen and oxygen atoms in total. The average molecular weight is 755 g/mol. The van der Waals surface area contributed by atoms with Crippen molar-refractivity contribution in [2.45, 2.75) is 55.3 Å². The molecule has 0 bridgehead atoms. The summed E-state index contributed by atoms with van der Waals surface area (Å²) in [6.07, 6.45) is -3.81. The summed E-state index contributed by atoms with van der Waals surface area (Å²) in [5.41, 5.74) is -2.74. The molecular formula is C41H40F5N3O3S. The highest BCUT2D eigenvalue weighted by Gasteiger charge is 2.33. The standard InChI is InChI=1S/C41H40F5N3O3S/c1-27(28-10-12-29(13-11-28)30-14-16-32(17-15-30)41(44,45)46)49(33-18-20-47(21-19-33)22-23-52-2)38(51)25-48-36-9-4-3-7-34(36)37(50)24-39(48)53-26-31-6-5-8-35(42)40(31)43/h3-17,24,27,33H,18-23,25-26H2,1-2H3/i23D2,26D2,27D. The minimum atomic E-state index is -4.50. The first-order valence-corrected chi connectivity index (χ1v) is 17.7. The van der Waals surface area contributed by atoms with E-state index in [1.807, 2.05) is 4.90 Å². The lowest BCUT2D eigenvalue weighted by Gasteiger charge is -2.42. The highest BCUT2D eigenvalue weighted by molar-refractivity contribution is 7.98. The number of nitrogens with zero attached hydrogens (tertiary/aromatic N) is 3. The molecule has 278 valence electrons. The Balaban J connectivity index is 1.38. The maximum Gasteiger partial charge on any atom is 0.416 e. The molecule has 5 aromatic rings. The number of benzene rings is 4. The first kappa shape index (κ1) is 32.0. The molecule has 1 fully saturated rings. The number of ether oxygens (including phenoxy) is 1. The molecule has 53 heavy (non-hydrogen) atoms. The smallest absolute Gasteiger partial charge is 0.383 e. The summed E-state index contributed by atoms with van der Waals surface area (Å²) in [5, 5.41) is 0.173. The number of amides is 1. The summed E-state index contributed by atoms with van der Waals surface area (Å²) in [4.78, 5) is 31.5. The molecule has 2 heterocycles. The molecule has 0 radical (unpaired) electrons. The van der Waals surface area contributed by atoms with Crippen LogP contribution in [0.2, 0.25) is 0 Å². The monoisotopic (exact) mass is 754 g/mol. The van der Waals surface area contributed by atoms with Crippen LogP contribution in [-0.2, 0) is 28.0 Å². The van der Waals surface area contributed by atoms with Gasteiger partial charge in [0.1, 0.15) is 6.54 Å². The van der Waals surface area contributed by atoms with Gasteiger partial charge in [-0.1, -0.05) is 60.7 Å². The Bertz CT molecular complexity index is 2340. The van der Waals surface area contributed by atoms with E-state index in [2.05, 4.69) is 0 Å². The highest BCUT2D eigenvalue weighted by atomic mass is 32.2. The molecule has 1 aromatic heterocycles. The second kappa shape index (κ2) is 16.7. The van der Waals surface area contributed by atoms with Gasteiger partial charge >= 0.3 is 6.18 Å². The largest absolute Gasteiger partial charge is 0.416 e. The summed E-state index contributed by atoms with van der Waals surface area (Å²) in [6.45, 7) is -0.164. The topological polar surface area (TPSA) is 54.8 Å². The number of rotatable bonds is 12. The average Bonchev–Trinajstić information content (AvgIpc) is 3.17. The molecule has 0 aliphatic carbocycles. The first-order chi connectivity index (χ1) is 27.2. The normalized spacial score (nSPS) is 17.3. The third kappa shape index (κ3) is 8.83. The molecule has 0 saturated carbocycles. The fourth-order valence-electron chi connectivity index (χ4n) is 6.50. The van der Waals surface area contributed by atoms with Gasteiger partial charge in [-0.2, -0.15) is 13.2 Å². The van der Waals surface area contributed by atoms with Crippen molar-refractivity contribution in [3.05, 3.63) is 136 Å². The summed E-state index contributed by atoms with van der Waals surface area (Å²) in [5.74, 6) is -3.23. The number of pyridine rings is 1. The summed E-state index contributed by atoms with van der Waals surface area (Å²) < 4.78 is 119. The van der Waals surface area contributed by atoms with Crippen LogP contribution in [0.1, 0.15) is 49.3 Å².